The maximum Gasteiger partial charge on any atom is 0.161 e. The normalized spacial score (nSPS) is 14.6. The van der Waals surface area contributed by atoms with Crippen LogP contribution in [0.5, 0.6) is 11.5 Å². The highest BCUT2D eigenvalue weighted by atomic mass is 16.5. The van der Waals surface area contributed by atoms with Gasteiger partial charge >= 0.3 is 0 Å². The topological polar surface area (TPSA) is 50.7 Å². The van der Waals surface area contributed by atoms with Crippen LogP contribution in [0.25, 0.3) is 0 Å². The minimum atomic E-state index is -0.829. The van der Waals surface area contributed by atoms with Crippen molar-refractivity contribution in [3.05, 3.63) is 23.8 Å². The Hall–Kier alpha value is -1.26. The van der Waals surface area contributed by atoms with Gasteiger partial charge in [0.15, 0.2) is 11.5 Å². The number of nitrogens with one attached hydrogen (secondary N) is 1. The summed E-state index contributed by atoms with van der Waals surface area (Å²) in [5.41, 5.74) is 0.356. The summed E-state index contributed by atoms with van der Waals surface area (Å²) < 4.78 is 11.1. The molecule has 0 saturated carbocycles. The van der Waals surface area contributed by atoms with Crippen molar-refractivity contribution >= 4 is 0 Å². The fourth-order valence-electron chi connectivity index (χ4n) is 1.65. The van der Waals surface area contributed by atoms with Crippen LogP contribution in [0.2, 0.25) is 0 Å². The van der Waals surface area contributed by atoms with Gasteiger partial charge in [-0.1, -0.05) is 13.0 Å². The van der Waals surface area contributed by atoms with Crippen molar-refractivity contribution in [2.75, 3.05) is 13.7 Å². The quantitative estimate of drug-likeness (QED) is 0.811. The smallest absolute Gasteiger partial charge is 0.161 e. The highest BCUT2D eigenvalue weighted by molar-refractivity contribution is 5.43. The minimum absolute atomic E-state index is 0.0623. The van der Waals surface area contributed by atoms with E-state index in [0.717, 1.165) is 12.1 Å². The van der Waals surface area contributed by atoms with Crippen molar-refractivity contribution < 1.29 is 14.6 Å². The molecule has 0 spiro atoms. The maximum atomic E-state index is 10.0. The van der Waals surface area contributed by atoms with Gasteiger partial charge in [0, 0.05) is 12.1 Å². The van der Waals surface area contributed by atoms with Gasteiger partial charge < -0.3 is 19.9 Å². The molecule has 0 aliphatic heterocycles. The Morgan fingerprint density at radius 3 is 2.33 bits per heavy atom. The van der Waals surface area contributed by atoms with Crippen molar-refractivity contribution in [2.24, 2.45) is 0 Å². The SMILES string of the molecule is CCC(C)(O)COc1cc(CNC(C)(C)C)ccc1OC. The lowest BCUT2D eigenvalue weighted by Gasteiger charge is -2.23. The van der Waals surface area contributed by atoms with E-state index in [1.165, 1.54) is 0 Å². The molecule has 0 aliphatic rings. The van der Waals surface area contributed by atoms with Crippen LogP contribution < -0.4 is 14.8 Å². The van der Waals surface area contributed by atoms with Crippen molar-refractivity contribution in [3.8, 4) is 11.5 Å². The molecule has 0 radical (unpaired) electrons. The Balaban J connectivity index is 2.80. The van der Waals surface area contributed by atoms with Gasteiger partial charge in [-0.05, 0) is 51.8 Å². The number of aliphatic hydroxyl groups is 1. The second-order valence-electron chi connectivity index (χ2n) is 6.73. The van der Waals surface area contributed by atoms with Gasteiger partial charge in [-0.25, -0.2) is 0 Å². The van der Waals surface area contributed by atoms with Gasteiger partial charge in [0.2, 0.25) is 0 Å². The standard InChI is InChI=1S/C17H29NO3/c1-7-17(5,19)12-21-15-10-13(8-9-14(15)20-6)11-18-16(2,3)4/h8-10,18-19H,7,11-12H2,1-6H3. The summed E-state index contributed by atoms with van der Waals surface area (Å²) in [6.07, 6.45) is 0.639. The first-order valence-corrected chi connectivity index (χ1v) is 7.44. The molecule has 4 heteroatoms. The lowest BCUT2D eigenvalue weighted by molar-refractivity contribution is 0.00772. The van der Waals surface area contributed by atoms with Gasteiger partial charge in [0.25, 0.3) is 0 Å². The van der Waals surface area contributed by atoms with E-state index < -0.39 is 5.60 Å². The van der Waals surface area contributed by atoms with Crippen LogP contribution in [0.15, 0.2) is 18.2 Å². The Morgan fingerprint density at radius 1 is 1.14 bits per heavy atom. The third-order valence-electron chi connectivity index (χ3n) is 3.35. The highest BCUT2D eigenvalue weighted by Gasteiger charge is 2.19. The Morgan fingerprint density at radius 2 is 1.81 bits per heavy atom. The molecule has 0 amide bonds. The summed E-state index contributed by atoms with van der Waals surface area (Å²) >= 11 is 0. The summed E-state index contributed by atoms with van der Waals surface area (Å²) in [7, 11) is 1.62. The van der Waals surface area contributed by atoms with E-state index in [2.05, 4.69) is 26.1 Å². The average Bonchev–Trinajstić information content (AvgIpc) is 2.42. The fraction of sp³-hybridized carbons (Fsp3) is 0.647. The number of hydrogen-bond acceptors (Lipinski definition) is 4. The van der Waals surface area contributed by atoms with Crippen LogP contribution in [0.4, 0.5) is 0 Å². The summed E-state index contributed by atoms with van der Waals surface area (Å²) in [6, 6.07) is 5.88. The summed E-state index contributed by atoms with van der Waals surface area (Å²) in [4.78, 5) is 0. The lowest BCUT2D eigenvalue weighted by atomic mass is 10.1. The zero-order chi connectivity index (χ0) is 16.1. The van der Waals surface area contributed by atoms with E-state index in [9.17, 15) is 5.11 Å². The minimum Gasteiger partial charge on any atom is -0.493 e. The second kappa shape index (κ2) is 7.14. The molecular weight excluding hydrogens is 266 g/mol. The Kier molecular flexibility index (Phi) is 6.05. The van der Waals surface area contributed by atoms with Gasteiger partial charge in [0.05, 0.1) is 12.7 Å². The molecule has 0 fully saturated rings. The van der Waals surface area contributed by atoms with Crippen molar-refractivity contribution in [1.29, 1.82) is 0 Å². The van der Waals surface area contributed by atoms with Crippen molar-refractivity contribution in [3.63, 3.8) is 0 Å². The number of ether oxygens (including phenoxy) is 2. The summed E-state index contributed by atoms with van der Waals surface area (Å²) in [5, 5.41) is 13.5. The highest BCUT2D eigenvalue weighted by Crippen LogP contribution is 2.29. The lowest BCUT2D eigenvalue weighted by Crippen LogP contribution is -2.35. The van der Waals surface area contributed by atoms with Gasteiger partial charge in [-0.2, -0.15) is 0 Å². The molecule has 0 aromatic heterocycles. The first kappa shape index (κ1) is 17.8. The third-order valence-corrected chi connectivity index (χ3v) is 3.35. The van der Waals surface area contributed by atoms with E-state index in [4.69, 9.17) is 9.47 Å². The van der Waals surface area contributed by atoms with Crippen LogP contribution in [-0.4, -0.2) is 30.0 Å². The first-order valence-electron chi connectivity index (χ1n) is 7.44. The largest absolute Gasteiger partial charge is 0.493 e. The molecular formula is C17H29NO3. The van der Waals surface area contributed by atoms with Gasteiger partial charge in [-0.3, -0.25) is 0 Å². The number of methoxy groups -OCH3 is 1. The van der Waals surface area contributed by atoms with Crippen LogP contribution in [-0.2, 0) is 6.54 Å². The zero-order valence-electron chi connectivity index (χ0n) is 14.1. The molecule has 1 aromatic carbocycles. The van der Waals surface area contributed by atoms with E-state index in [1.807, 2.05) is 25.1 Å². The number of benzene rings is 1. The second-order valence-corrected chi connectivity index (χ2v) is 6.73. The van der Waals surface area contributed by atoms with E-state index in [0.29, 0.717) is 17.9 Å². The molecule has 1 rings (SSSR count). The van der Waals surface area contributed by atoms with E-state index in [-0.39, 0.29) is 12.1 Å². The number of rotatable bonds is 7. The summed E-state index contributed by atoms with van der Waals surface area (Å²) in [5.74, 6) is 1.35. The van der Waals surface area contributed by atoms with Gasteiger partial charge in [0.1, 0.15) is 6.61 Å². The third kappa shape index (κ3) is 6.36. The van der Waals surface area contributed by atoms with Crippen LogP contribution in [0.3, 0.4) is 0 Å². The molecule has 120 valence electrons. The molecule has 0 bridgehead atoms. The average molecular weight is 295 g/mol. The van der Waals surface area contributed by atoms with Gasteiger partial charge in [-0.15, -0.1) is 0 Å². The predicted octanol–water partition coefficient (Wildman–Crippen LogP) is 3.12. The molecule has 0 saturated heterocycles. The van der Waals surface area contributed by atoms with Crippen LogP contribution in [0, 0.1) is 0 Å². The molecule has 0 aliphatic carbocycles. The van der Waals surface area contributed by atoms with Crippen molar-refractivity contribution in [1.82, 2.24) is 5.32 Å². The molecule has 1 atom stereocenters. The Bertz CT molecular complexity index is 450. The molecule has 1 unspecified atom stereocenters. The summed E-state index contributed by atoms with van der Waals surface area (Å²) in [6.45, 7) is 11.1. The maximum absolute atomic E-state index is 10.0. The molecule has 21 heavy (non-hydrogen) atoms. The van der Waals surface area contributed by atoms with E-state index in [1.54, 1.807) is 14.0 Å². The Labute approximate surface area is 128 Å². The zero-order valence-corrected chi connectivity index (χ0v) is 14.1. The first-order chi connectivity index (χ1) is 9.67. The monoisotopic (exact) mass is 295 g/mol. The molecule has 2 N–H and O–H groups in total. The molecule has 1 aromatic rings. The fourth-order valence-corrected chi connectivity index (χ4v) is 1.65. The molecule has 0 heterocycles. The predicted molar refractivity (Wildman–Crippen MR) is 86.0 cm³/mol. The van der Waals surface area contributed by atoms with Crippen LogP contribution in [0.1, 0.15) is 46.6 Å². The van der Waals surface area contributed by atoms with Crippen molar-refractivity contribution in [2.45, 2.75) is 58.7 Å². The van der Waals surface area contributed by atoms with Crippen LogP contribution >= 0.6 is 0 Å². The number of hydrogen-bond donors (Lipinski definition) is 2. The molecule has 4 nitrogen and oxygen atoms in total. The van der Waals surface area contributed by atoms with E-state index >= 15 is 0 Å².